The number of carbonyl (C=O) groups excluding carboxylic acids is 1. The number of rotatable bonds is 6. The first kappa shape index (κ1) is 21.4. The van der Waals surface area contributed by atoms with Crippen molar-refractivity contribution in [3.63, 3.8) is 0 Å². The highest BCUT2D eigenvalue weighted by Crippen LogP contribution is 2.43. The molecule has 0 aliphatic carbocycles. The van der Waals surface area contributed by atoms with Gasteiger partial charge in [-0.2, -0.15) is 0 Å². The molecule has 1 aliphatic heterocycles. The van der Waals surface area contributed by atoms with Crippen molar-refractivity contribution in [2.45, 2.75) is 25.6 Å². The number of hydrogen-bond donors (Lipinski definition) is 0. The van der Waals surface area contributed by atoms with Gasteiger partial charge in [0, 0.05) is 11.6 Å². The van der Waals surface area contributed by atoms with Crippen molar-refractivity contribution in [3.8, 4) is 17.2 Å². The molecule has 1 aromatic heterocycles. The molecule has 0 saturated carbocycles. The molecular formula is C24H21FO7. The minimum Gasteiger partial charge on any atom is -0.493 e. The van der Waals surface area contributed by atoms with Crippen LogP contribution in [0.25, 0.3) is 0 Å². The largest absolute Gasteiger partial charge is 0.493 e. The van der Waals surface area contributed by atoms with Gasteiger partial charge in [0.2, 0.25) is 6.10 Å². The standard InChI is InChI=1S/C24H21FO7/c1-13-10-19-21(23(26)31-13)20(22(32-19)24(27)29-3)14-8-9-17(18(11-14)28-2)30-12-15-6-4-5-7-16(15)25/h4-11,20,22H,12H2,1-3H3. The molecule has 2 atom stereocenters. The molecule has 0 amide bonds. The van der Waals surface area contributed by atoms with Gasteiger partial charge in [-0.05, 0) is 30.7 Å². The van der Waals surface area contributed by atoms with E-state index < -0.39 is 23.6 Å². The summed E-state index contributed by atoms with van der Waals surface area (Å²) in [5, 5.41) is 0. The van der Waals surface area contributed by atoms with Gasteiger partial charge in [-0.15, -0.1) is 0 Å². The third kappa shape index (κ3) is 3.91. The number of ether oxygens (including phenoxy) is 4. The van der Waals surface area contributed by atoms with E-state index in [1.807, 2.05) is 0 Å². The predicted octanol–water partition coefficient (Wildman–Crippen LogP) is 3.74. The lowest BCUT2D eigenvalue weighted by molar-refractivity contribution is -0.148. The van der Waals surface area contributed by atoms with Gasteiger partial charge < -0.3 is 23.4 Å². The van der Waals surface area contributed by atoms with E-state index in [-0.39, 0.29) is 23.7 Å². The van der Waals surface area contributed by atoms with Gasteiger partial charge in [-0.1, -0.05) is 24.3 Å². The van der Waals surface area contributed by atoms with Crippen LogP contribution in [0.1, 0.15) is 28.4 Å². The van der Waals surface area contributed by atoms with Crippen molar-refractivity contribution in [2.75, 3.05) is 14.2 Å². The fourth-order valence-corrected chi connectivity index (χ4v) is 3.74. The van der Waals surface area contributed by atoms with Crippen LogP contribution >= 0.6 is 0 Å². The second-order valence-corrected chi connectivity index (χ2v) is 7.25. The summed E-state index contributed by atoms with van der Waals surface area (Å²) in [5.41, 5.74) is 0.615. The second kappa shape index (κ2) is 8.74. The van der Waals surface area contributed by atoms with Crippen molar-refractivity contribution in [1.29, 1.82) is 0 Å². The van der Waals surface area contributed by atoms with Gasteiger partial charge in [0.25, 0.3) is 0 Å². The van der Waals surface area contributed by atoms with Gasteiger partial charge in [-0.25, -0.2) is 14.0 Å². The number of aryl methyl sites for hydroxylation is 1. The first-order chi connectivity index (χ1) is 15.4. The average molecular weight is 440 g/mol. The molecule has 1 aliphatic rings. The molecule has 0 fully saturated rings. The van der Waals surface area contributed by atoms with Crippen LogP contribution in [0.15, 0.2) is 57.7 Å². The monoisotopic (exact) mass is 440 g/mol. The van der Waals surface area contributed by atoms with E-state index in [4.69, 9.17) is 23.4 Å². The van der Waals surface area contributed by atoms with Crippen molar-refractivity contribution in [1.82, 2.24) is 0 Å². The number of methoxy groups -OCH3 is 2. The molecule has 0 N–H and O–H groups in total. The van der Waals surface area contributed by atoms with Crippen molar-refractivity contribution in [2.24, 2.45) is 0 Å². The topological polar surface area (TPSA) is 84.2 Å². The summed E-state index contributed by atoms with van der Waals surface area (Å²) in [6, 6.07) is 12.9. The maximum atomic E-state index is 13.9. The zero-order valence-electron chi connectivity index (χ0n) is 17.7. The van der Waals surface area contributed by atoms with Crippen molar-refractivity contribution < 1.29 is 32.5 Å². The molecule has 0 bridgehead atoms. The molecule has 0 spiro atoms. The number of hydrogen-bond acceptors (Lipinski definition) is 7. The van der Waals surface area contributed by atoms with E-state index in [0.717, 1.165) is 0 Å². The molecule has 0 saturated heterocycles. The van der Waals surface area contributed by atoms with Gasteiger partial charge in [0.05, 0.1) is 25.7 Å². The van der Waals surface area contributed by atoms with Crippen molar-refractivity contribution >= 4 is 5.97 Å². The molecule has 7 nitrogen and oxygen atoms in total. The second-order valence-electron chi connectivity index (χ2n) is 7.25. The third-order valence-corrected chi connectivity index (χ3v) is 5.26. The van der Waals surface area contributed by atoms with Crippen LogP contribution in [0.4, 0.5) is 4.39 Å². The Balaban J connectivity index is 1.70. The Bertz CT molecular complexity index is 1220. The molecule has 0 radical (unpaired) electrons. The molecule has 8 heteroatoms. The molecule has 2 unspecified atom stereocenters. The lowest BCUT2D eigenvalue weighted by Crippen LogP contribution is -2.31. The minimum atomic E-state index is -1.06. The summed E-state index contributed by atoms with van der Waals surface area (Å²) < 4.78 is 41.0. The number of fused-ring (bicyclic) bond motifs is 1. The molecule has 2 heterocycles. The quantitative estimate of drug-likeness (QED) is 0.540. The van der Waals surface area contributed by atoms with E-state index in [2.05, 4.69) is 0 Å². The zero-order valence-corrected chi connectivity index (χ0v) is 17.7. The van der Waals surface area contributed by atoms with Crippen LogP contribution in [0.2, 0.25) is 0 Å². The number of benzene rings is 2. The Kier molecular flexibility index (Phi) is 5.85. The van der Waals surface area contributed by atoms with Crippen LogP contribution < -0.4 is 19.8 Å². The fraction of sp³-hybridized carbons (Fsp3) is 0.250. The summed E-state index contributed by atoms with van der Waals surface area (Å²) in [5.74, 6) is -0.376. The Hall–Kier alpha value is -3.81. The highest BCUT2D eigenvalue weighted by atomic mass is 19.1. The number of esters is 1. The SMILES string of the molecule is COC(=O)C1Oc2cc(C)oc(=O)c2C1c1ccc(OCc2ccccc2F)c(OC)c1. The summed E-state index contributed by atoms with van der Waals surface area (Å²) in [6.45, 7) is 1.63. The maximum absolute atomic E-state index is 13.9. The van der Waals surface area contributed by atoms with E-state index in [9.17, 15) is 14.0 Å². The van der Waals surface area contributed by atoms with Crippen molar-refractivity contribution in [3.05, 3.63) is 87.2 Å². The van der Waals surface area contributed by atoms with Crippen LogP contribution in [0, 0.1) is 12.7 Å². The summed E-state index contributed by atoms with van der Waals surface area (Å²) >= 11 is 0. The Morgan fingerprint density at radius 1 is 1.09 bits per heavy atom. The van der Waals surface area contributed by atoms with E-state index >= 15 is 0 Å². The van der Waals surface area contributed by atoms with Gasteiger partial charge in [0.15, 0.2) is 11.5 Å². The summed E-state index contributed by atoms with van der Waals surface area (Å²) in [6.07, 6.45) is -1.06. The van der Waals surface area contributed by atoms with E-state index in [1.165, 1.54) is 20.3 Å². The normalized spacial score (nSPS) is 16.8. The zero-order chi connectivity index (χ0) is 22.8. The first-order valence-corrected chi connectivity index (χ1v) is 9.86. The predicted molar refractivity (Wildman–Crippen MR) is 112 cm³/mol. The first-order valence-electron chi connectivity index (χ1n) is 9.86. The van der Waals surface area contributed by atoms with E-state index in [1.54, 1.807) is 49.4 Å². The highest BCUT2D eigenvalue weighted by Gasteiger charge is 2.44. The fourth-order valence-electron chi connectivity index (χ4n) is 3.74. The Morgan fingerprint density at radius 2 is 1.88 bits per heavy atom. The Labute approximate surface area is 183 Å². The Morgan fingerprint density at radius 3 is 2.59 bits per heavy atom. The molecule has 4 rings (SSSR count). The van der Waals surface area contributed by atoms with Crippen LogP contribution in [-0.2, 0) is 16.1 Å². The molecule has 3 aromatic rings. The lowest BCUT2D eigenvalue weighted by Gasteiger charge is -2.19. The van der Waals surface area contributed by atoms with E-state index in [0.29, 0.717) is 28.4 Å². The average Bonchev–Trinajstić information content (AvgIpc) is 3.17. The van der Waals surface area contributed by atoms with Gasteiger partial charge >= 0.3 is 11.6 Å². The van der Waals surface area contributed by atoms with Gasteiger partial charge in [-0.3, -0.25) is 0 Å². The van der Waals surface area contributed by atoms with Crippen LogP contribution in [0.5, 0.6) is 17.2 Å². The van der Waals surface area contributed by atoms with Gasteiger partial charge in [0.1, 0.15) is 23.9 Å². The smallest absolute Gasteiger partial charge is 0.348 e. The molecule has 2 aromatic carbocycles. The highest BCUT2D eigenvalue weighted by molar-refractivity contribution is 5.79. The number of carbonyl (C=O) groups is 1. The van der Waals surface area contributed by atoms with Crippen LogP contribution in [-0.4, -0.2) is 26.3 Å². The summed E-state index contributed by atoms with van der Waals surface area (Å²) in [7, 11) is 2.71. The van der Waals surface area contributed by atoms with Crippen LogP contribution in [0.3, 0.4) is 0 Å². The molecular weight excluding hydrogens is 419 g/mol. The summed E-state index contributed by atoms with van der Waals surface area (Å²) in [4.78, 5) is 25.0. The lowest BCUT2D eigenvalue weighted by atomic mass is 9.88. The minimum absolute atomic E-state index is 0.00536. The maximum Gasteiger partial charge on any atom is 0.348 e. The number of halogens is 1. The molecule has 32 heavy (non-hydrogen) atoms. The third-order valence-electron chi connectivity index (χ3n) is 5.26. The molecule has 166 valence electrons.